The molecule has 0 aromatic rings. The minimum atomic E-state index is -2.29. The number of rotatable bonds is 19. The molecule has 3 N–H and O–H groups in total. The van der Waals surface area contributed by atoms with Crippen molar-refractivity contribution in [3.05, 3.63) is 9.66 Å². The Balaban J connectivity index is 3.53. The van der Waals surface area contributed by atoms with E-state index in [0.717, 1.165) is 19.3 Å². The molecule has 0 radical (unpaired) electrons. The van der Waals surface area contributed by atoms with E-state index in [-0.39, 0.29) is 47.7 Å². The highest BCUT2D eigenvalue weighted by molar-refractivity contribution is 14.1. The Kier molecular flexibility index (Phi) is 18.5. The van der Waals surface area contributed by atoms with Crippen molar-refractivity contribution in [2.75, 3.05) is 27.9 Å². The number of halogens is 1. The normalized spacial score (nSPS) is 28.2. The summed E-state index contributed by atoms with van der Waals surface area (Å²) in [6, 6.07) is 0. The van der Waals surface area contributed by atoms with Crippen LogP contribution in [0.5, 0.6) is 0 Å². The Morgan fingerprint density at radius 2 is 1.50 bits per heavy atom. The lowest BCUT2D eigenvalue weighted by molar-refractivity contribution is -0.369. The van der Waals surface area contributed by atoms with Crippen LogP contribution in [0.15, 0.2) is 9.66 Å². The molecule has 10 atom stereocenters. The summed E-state index contributed by atoms with van der Waals surface area (Å²) in [7, 11) is 0.220. The molecule has 9 nitrogen and oxygen atoms in total. The van der Waals surface area contributed by atoms with Gasteiger partial charge in [-0.15, -0.1) is 0 Å². The molecule has 0 amide bonds. The zero-order valence-corrected chi connectivity index (χ0v) is 37.3. The minimum Gasteiger partial charge on any atom is -0.413 e. The van der Waals surface area contributed by atoms with Gasteiger partial charge in [0.25, 0.3) is 0 Å². The van der Waals surface area contributed by atoms with Crippen molar-refractivity contribution >= 4 is 39.2 Å². The van der Waals surface area contributed by atoms with Gasteiger partial charge in [0, 0.05) is 46.0 Å². The number of methoxy groups -OCH3 is 3. The van der Waals surface area contributed by atoms with Gasteiger partial charge >= 0.3 is 0 Å². The van der Waals surface area contributed by atoms with Crippen LogP contribution < -0.4 is 0 Å². The van der Waals surface area contributed by atoms with Gasteiger partial charge < -0.3 is 43.1 Å². The molecule has 48 heavy (non-hydrogen) atoms. The van der Waals surface area contributed by atoms with Crippen molar-refractivity contribution in [2.45, 2.75) is 179 Å². The molecule has 0 aromatic carbocycles. The van der Waals surface area contributed by atoms with Crippen molar-refractivity contribution in [3.8, 4) is 0 Å². The standard InChI is InChI=1S/C36H73IO9Si2/c1-24(37)19-17-18-20-29(45-47(13,14)34(4,5)6)31(42-11)22-28(39)33(40)36(43-12)26(3)32(46-48(15,16)35(7,8)9)25(2)30(44-36)21-27(38)23-41-10/h19,25-33,38-40H,17-18,20-23H2,1-16H3/b24-19+/t25-,26+,27+,28-,29-,30+,31-,32-,33+,36+/m0/s1. The molecule has 1 aliphatic heterocycles. The summed E-state index contributed by atoms with van der Waals surface area (Å²) in [5.74, 6) is -2.18. The van der Waals surface area contributed by atoms with Gasteiger partial charge in [-0.25, -0.2) is 0 Å². The second kappa shape index (κ2) is 19.0. The van der Waals surface area contributed by atoms with Crippen LogP contribution in [-0.4, -0.2) is 108 Å². The highest BCUT2D eigenvalue weighted by Gasteiger charge is 2.59. The maximum Gasteiger partial charge on any atom is 0.202 e. The third-order valence-corrected chi connectivity index (χ3v) is 20.7. The van der Waals surface area contributed by atoms with Crippen LogP contribution in [0.4, 0.5) is 0 Å². The topological polar surface area (TPSA) is 116 Å². The molecule has 0 unspecified atom stereocenters. The lowest BCUT2D eigenvalue weighted by Crippen LogP contribution is -2.68. The van der Waals surface area contributed by atoms with Gasteiger partial charge in [-0.05, 0) is 88.6 Å². The van der Waals surface area contributed by atoms with Gasteiger partial charge in [-0.2, -0.15) is 0 Å². The highest BCUT2D eigenvalue weighted by atomic mass is 127. The van der Waals surface area contributed by atoms with E-state index in [9.17, 15) is 15.3 Å². The smallest absolute Gasteiger partial charge is 0.202 e. The van der Waals surface area contributed by atoms with Gasteiger partial charge in [-0.3, -0.25) is 0 Å². The average Bonchev–Trinajstić information content (AvgIpc) is 2.95. The predicted octanol–water partition coefficient (Wildman–Crippen LogP) is 7.81. The Hall–Kier alpha value is 0.544. The molecule has 0 spiro atoms. The molecule has 0 bridgehead atoms. The van der Waals surface area contributed by atoms with Gasteiger partial charge in [0.05, 0.1) is 43.2 Å². The number of aliphatic hydroxyl groups is 3. The lowest BCUT2D eigenvalue weighted by Gasteiger charge is -2.56. The first-order valence-corrected chi connectivity index (χ1v) is 24.7. The maximum atomic E-state index is 12.1. The first-order valence-electron chi connectivity index (χ1n) is 17.8. The van der Waals surface area contributed by atoms with E-state index in [0.29, 0.717) is 0 Å². The first-order chi connectivity index (χ1) is 21.8. The fourth-order valence-corrected chi connectivity index (χ4v) is 9.23. The third kappa shape index (κ3) is 12.3. The number of ether oxygens (including phenoxy) is 4. The predicted molar refractivity (Wildman–Crippen MR) is 209 cm³/mol. The van der Waals surface area contributed by atoms with Crippen LogP contribution in [0.2, 0.25) is 36.3 Å². The van der Waals surface area contributed by atoms with E-state index in [1.54, 1.807) is 14.2 Å². The average molecular weight is 833 g/mol. The van der Waals surface area contributed by atoms with Crippen LogP contribution in [-0.2, 0) is 27.8 Å². The van der Waals surface area contributed by atoms with Crippen molar-refractivity contribution in [2.24, 2.45) is 11.8 Å². The zero-order valence-electron chi connectivity index (χ0n) is 33.2. The summed E-state index contributed by atoms with van der Waals surface area (Å²) < 4.78 is 39.4. The second-order valence-corrected chi connectivity index (χ2v) is 28.3. The molecule has 1 saturated heterocycles. The molecular weight excluding hydrogens is 759 g/mol. The second-order valence-electron chi connectivity index (χ2n) is 17.1. The fourth-order valence-electron chi connectivity index (χ4n) is 6.09. The highest BCUT2D eigenvalue weighted by Crippen LogP contribution is 2.48. The molecule has 12 heteroatoms. The van der Waals surface area contributed by atoms with Gasteiger partial charge in [0.1, 0.15) is 6.10 Å². The fraction of sp³-hybridized carbons (Fsp3) is 0.944. The first kappa shape index (κ1) is 46.6. The van der Waals surface area contributed by atoms with Crippen LogP contribution in [0.25, 0.3) is 0 Å². The summed E-state index contributed by atoms with van der Waals surface area (Å²) in [6.07, 6.45) is 0.112. The van der Waals surface area contributed by atoms with E-state index >= 15 is 0 Å². The van der Waals surface area contributed by atoms with Crippen LogP contribution >= 0.6 is 22.6 Å². The summed E-state index contributed by atoms with van der Waals surface area (Å²) in [5.41, 5.74) is 0. The molecule has 1 rings (SSSR count). The van der Waals surface area contributed by atoms with Crippen molar-refractivity contribution < 1.29 is 43.1 Å². The quantitative estimate of drug-likeness (QED) is 0.0681. The molecule has 0 saturated carbocycles. The van der Waals surface area contributed by atoms with E-state index in [4.69, 9.17) is 27.8 Å². The number of hydrogen-bond acceptors (Lipinski definition) is 9. The number of unbranched alkanes of at least 4 members (excludes halogenated alkanes) is 1. The Morgan fingerprint density at radius 3 is 1.96 bits per heavy atom. The summed E-state index contributed by atoms with van der Waals surface area (Å²) in [6.45, 7) is 28.4. The van der Waals surface area contributed by atoms with Crippen LogP contribution in [0.3, 0.4) is 0 Å². The number of hydrogen-bond donors (Lipinski definition) is 3. The Morgan fingerprint density at radius 1 is 0.938 bits per heavy atom. The van der Waals surface area contributed by atoms with E-state index < -0.39 is 58.9 Å². The largest absolute Gasteiger partial charge is 0.413 e. The van der Waals surface area contributed by atoms with Gasteiger partial charge in [0.15, 0.2) is 16.6 Å². The van der Waals surface area contributed by atoms with Crippen LogP contribution in [0.1, 0.15) is 94.4 Å². The maximum absolute atomic E-state index is 12.1. The van der Waals surface area contributed by atoms with Crippen molar-refractivity contribution in [3.63, 3.8) is 0 Å². The summed E-state index contributed by atoms with van der Waals surface area (Å²) in [5, 5.41) is 34.7. The molecule has 1 fully saturated rings. The molecule has 0 aliphatic carbocycles. The monoisotopic (exact) mass is 832 g/mol. The Labute approximate surface area is 309 Å². The SMILES string of the molecule is COC[C@H](O)C[C@H]1O[C@@](OC)([C@H](O)[C@@H](O)C[C@H](OC)[C@H](CCC/C=C(\C)I)O[Si](C)(C)C(C)(C)C)[C@H](C)[C@@H](O[Si](C)(C)C(C)(C)C)[C@H]1C. The Bertz CT molecular complexity index is 979. The number of aliphatic hydroxyl groups excluding tert-OH is 3. The molecule has 1 heterocycles. The molecule has 0 aromatic heterocycles. The van der Waals surface area contributed by atoms with Gasteiger partial charge in [0.2, 0.25) is 5.79 Å². The van der Waals surface area contributed by atoms with Gasteiger partial charge in [-0.1, -0.05) is 61.5 Å². The molecule has 286 valence electrons. The third-order valence-electron chi connectivity index (χ3n) is 11.3. The van der Waals surface area contributed by atoms with E-state index in [2.05, 4.69) is 110 Å². The van der Waals surface area contributed by atoms with Crippen LogP contribution in [0, 0.1) is 11.8 Å². The molecule has 1 aliphatic rings. The minimum absolute atomic E-state index is 0.00983. The van der Waals surface area contributed by atoms with Crippen molar-refractivity contribution in [1.29, 1.82) is 0 Å². The number of allylic oxidation sites excluding steroid dienone is 2. The summed E-state index contributed by atoms with van der Waals surface area (Å²) in [4.78, 5) is 0. The summed E-state index contributed by atoms with van der Waals surface area (Å²) >= 11 is 2.33. The zero-order chi connectivity index (χ0) is 37.5. The van der Waals surface area contributed by atoms with E-state index in [1.165, 1.54) is 10.7 Å². The van der Waals surface area contributed by atoms with E-state index in [1.807, 2.05) is 6.92 Å². The van der Waals surface area contributed by atoms with Crippen molar-refractivity contribution in [1.82, 2.24) is 0 Å². The lowest BCUT2D eigenvalue weighted by atomic mass is 9.76. The molecular formula is C36H73IO9Si2.